The van der Waals surface area contributed by atoms with Gasteiger partial charge >= 0.3 is 0 Å². The number of allylic oxidation sites excluding steroid dienone is 1. The Labute approximate surface area is 156 Å². The molecule has 0 saturated carbocycles. The van der Waals surface area contributed by atoms with Crippen LogP contribution in [0, 0.1) is 0 Å². The number of carbonyl (C=O) groups excluding carboxylic acids is 1. The molecule has 4 heteroatoms. The molecule has 1 aromatic rings. The van der Waals surface area contributed by atoms with E-state index in [9.17, 15) is 4.79 Å². The highest BCUT2D eigenvalue weighted by atomic mass is 32.2. The van der Waals surface area contributed by atoms with Crippen LogP contribution in [0.2, 0.25) is 0 Å². The Hall–Kier alpha value is -1.10. The van der Waals surface area contributed by atoms with E-state index in [2.05, 4.69) is 39.0 Å². The molecule has 138 valence electrons. The van der Waals surface area contributed by atoms with Crippen LogP contribution in [0.5, 0.6) is 0 Å². The van der Waals surface area contributed by atoms with Crippen LogP contribution in [-0.4, -0.2) is 28.2 Å². The zero-order valence-corrected chi connectivity index (χ0v) is 16.6. The van der Waals surface area contributed by atoms with Crippen molar-refractivity contribution in [1.82, 2.24) is 0 Å². The Morgan fingerprint density at radius 2 is 2.00 bits per heavy atom. The Bertz CT molecular complexity index is 562. The third kappa shape index (κ3) is 7.35. The first-order chi connectivity index (χ1) is 11.9. The van der Waals surface area contributed by atoms with Crippen LogP contribution in [0.15, 0.2) is 42.5 Å². The fraction of sp³-hybridized carbons (Fsp3) is 0.571. The lowest BCUT2D eigenvalue weighted by Gasteiger charge is -2.35. The normalized spacial score (nSPS) is 24.6. The molecule has 1 aliphatic rings. The Morgan fingerprint density at radius 3 is 2.64 bits per heavy atom. The number of hydrogen-bond acceptors (Lipinski definition) is 4. The van der Waals surface area contributed by atoms with Crippen molar-refractivity contribution in [1.29, 1.82) is 0 Å². The molecule has 0 N–H and O–H groups in total. The molecular formula is C21H30O3S. The third-order valence-electron chi connectivity index (χ3n) is 4.00. The molecule has 0 aliphatic carbocycles. The summed E-state index contributed by atoms with van der Waals surface area (Å²) < 4.78 is 12.2. The second kappa shape index (κ2) is 9.56. The summed E-state index contributed by atoms with van der Waals surface area (Å²) in [6, 6.07) is 10.1. The van der Waals surface area contributed by atoms with Gasteiger partial charge in [0, 0.05) is 11.2 Å². The van der Waals surface area contributed by atoms with E-state index in [0.717, 1.165) is 18.4 Å². The summed E-state index contributed by atoms with van der Waals surface area (Å²) in [5.74, 6) is 0. The first-order valence-corrected chi connectivity index (χ1v) is 9.84. The van der Waals surface area contributed by atoms with Crippen LogP contribution in [0.4, 0.5) is 0 Å². The van der Waals surface area contributed by atoms with Gasteiger partial charge in [-0.2, -0.15) is 0 Å². The van der Waals surface area contributed by atoms with Gasteiger partial charge in [-0.25, -0.2) is 0 Å². The third-order valence-corrected chi connectivity index (χ3v) is 5.01. The Morgan fingerprint density at radius 1 is 1.28 bits per heavy atom. The van der Waals surface area contributed by atoms with Gasteiger partial charge in [0.2, 0.25) is 0 Å². The topological polar surface area (TPSA) is 35.5 Å². The monoisotopic (exact) mass is 362 g/mol. The van der Waals surface area contributed by atoms with Gasteiger partial charge < -0.3 is 9.47 Å². The van der Waals surface area contributed by atoms with E-state index in [1.165, 1.54) is 11.8 Å². The molecular weight excluding hydrogens is 332 g/mol. The second-order valence-corrected chi connectivity index (χ2v) is 9.33. The molecule has 0 spiro atoms. The highest BCUT2D eigenvalue weighted by molar-refractivity contribution is 8.14. The van der Waals surface area contributed by atoms with Crippen molar-refractivity contribution in [3.05, 3.63) is 48.0 Å². The van der Waals surface area contributed by atoms with E-state index in [1.54, 1.807) is 0 Å². The SMILES string of the molecule is C/C=C/[C@H]1CC[C@H](OCc2ccccc2)[C@@H](CC(=O)SC(C)(C)C)O1. The molecule has 0 bridgehead atoms. The zero-order valence-electron chi connectivity index (χ0n) is 15.7. The molecule has 25 heavy (non-hydrogen) atoms. The van der Waals surface area contributed by atoms with Gasteiger partial charge in [0.15, 0.2) is 5.12 Å². The van der Waals surface area contributed by atoms with Gasteiger partial charge in [0.1, 0.15) is 0 Å². The molecule has 0 amide bonds. The van der Waals surface area contributed by atoms with Crippen LogP contribution in [0.25, 0.3) is 0 Å². The van der Waals surface area contributed by atoms with Gasteiger partial charge in [-0.1, -0.05) is 75.0 Å². The molecule has 1 saturated heterocycles. The lowest BCUT2D eigenvalue weighted by molar-refractivity contribution is -0.141. The zero-order chi connectivity index (χ0) is 18.3. The Kier molecular flexibility index (Phi) is 7.73. The summed E-state index contributed by atoms with van der Waals surface area (Å²) in [5.41, 5.74) is 1.15. The van der Waals surface area contributed by atoms with Crippen molar-refractivity contribution in [3.8, 4) is 0 Å². The molecule has 0 unspecified atom stereocenters. The van der Waals surface area contributed by atoms with E-state index in [1.807, 2.05) is 31.2 Å². The van der Waals surface area contributed by atoms with Crippen molar-refractivity contribution in [3.63, 3.8) is 0 Å². The number of thioether (sulfide) groups is 1. The van der Waals surface area contributed by atoms with Crippen LogP contribution < -0.4 is 0 Å². The second-order valence-electron chi connectivity index (χ2n) is 7.44. The predicted octanol–water partition coefficient (Wildman–Crippen LogP) is 5.14. The fourth-order valence-corrected chi connectivity index (χ4v) is 3.88. The number of carbonyl (C=O) groups is 1. The summed E-state index contributed by atoms with van der Waals surface area (Å²) in [4.78, 5) is 12.4. The summed E-state index contributed by atoms with van der Waals surface area (Å²) in [7, 11) is 0. The average molecular weight is 363 g/mol. The Balaban J connectivity index is 1.98. The molecule has 0 radical (unpaired) electrons. The number of hydrogen-bond donors (Lipinski definition) is 0. The number of benzene rings is 1. The maximum Gasteiger partial charge on any atom is 0.192 e. The number of rotatable bonds is 6. The molecule has 0 aromatic heterocycles. The van der Waals surface area contributed by atoms with Gasteiger partial charge in [0.05, 0.1) is 24.9 Å². The molecule has 3 nitrogen and oxygen atoms in total. The molecule has 1 heterocycles. The minimum atomic E-state index is -0.180. The standard InChI is InChI=1S/C21H30O3S/c1-5-9-17-12-13-18(23-15-16-10-7-6-8-11-16)19(24-17)14-20(22)25-21(2,3)4/h5-11,17-19H,12-15H2,1-4H3/b9-5+/t17-,18-,19+/m0/s1. The van der Waals surface area contributed by atoms with Gasteiger partial charge in [-0.05, 0) is 25.3 Å². The molecule has 1 aromatic carbocycles. The minimum absolute atomic E-state index is 0.0359. The summed E-state index contributed by atoms with van der Waals surface area (Å²) in [6.45, 7) is 8.73. The van der Waals surface area contributed by atoms with Crippen LogP contribution in [0.1, 0.15) is 52.5 Å². The molecule has 1 fully saturated rings. The van der Waals surface area contributed by atoms with Crippen LogP contribution in [0.3, 0.4) is 0 Å². The fourth-order valence-electron chi connectivity index (χ4n) is 2.95. The van der Waals surface area contributed by atoms with Crippen molar-refractivity contribution in [2.45, 2.75) is 76.6 Å². The predicted molar refractivity (Wildman–Crippen MR) is 105 cm³/mol. The first kappa shape index (κ1) is 20.2. The highest BCUT2D eigenvalue weighted by Crippen LogP contribution is 2.31. The van der Waals surface area contributed by atoms with Crippen molar-refractivity contribution >= 4 is 16.9 Å². The molecule has 1 aliphatic heterocycles. The quantitative estimate of drug-likeness (QED) is 0.656. The largest absolute Gasteiger partial charge is 0.371 e. The highest BCUT2D eigenvalue weighted by Gasteiger charge is 2.33. The van der Waals surface area contributed by atoms with Crippen molar-refractivity contribution < 1.29 is 14.3 Å². The van der Waals surface area contributed by atoms with E-state index in [0.29, 0.717) is 13.0 Å². The van der Waals surface area contributed by atoms with Crippen LogP contribution >= 0.6 is 11.8 Å². The molecule has 2 rings (SSSR count). The smallest absolute Gasteiger partial charge is 0.192 e. The van der Waals surface area contributed by atoms with Gasteiger partial charge in [0.25, 0.3) is 0 Å². The van der Waals surface area contributed by atoms with Crippen LogP contribution in [-0.2, 0) is 20.9 Å². The maximum absolute atomic E-state index is 12.4. The summed E-state index contributed by atoms with van der Waals surface area (Å²) in [5, 5.41) is 0.173. The van der Waals surface area contributed by atoms with Gasteiger partial charge in [-0.3, -0.25) is 4.79 Å². The van der Waals surface area contributed by atoms with E-state index >= 15 is 0 Å². The first-order valence-electron chi connectivity index (χ1n) is 9.03. The average Bonchev–Trinajstić information content (AvgIpc) is 2.53. The number of ether oxygens (including phenoxy) is 2. The van der Waals surface area contributed by atoms with Gasteiger partial charge in [-0.15, -0.1) is 0 Å². The van der Waals surface area contributed by atoms with Crippen molar-refractivity contribution in [2.75, 3.05) is 0 Å². The van der Waals surface area contributed by atoms with E-state index in [-0.39, 0.29) is 28.2 Å². The summed E-state index contributed by atoms with van der Waals surface area (Å²) >= 11 is 1.39. The summed E-state index contributed by atoms with van der Waals surface area (Å²) in [6.07, 6.45) is 6.20. The van der Waals surface area contributed by atoms with Crippen molar-refractivity contribution in [2.24, 2.45) is 0 Å². The van der Waals surface area contributed by atoms with E-state index < -0.39 is 0 Å². The lowest BCUT2D eigenvalue weighted by Crippen LogP contribution is -2.41. The maximum atomic E-state index is 12.4. The van der Waals surface area contributed by atoms with E-state index in [4.69, 9.17) is 9.47 Å². The molecule has 3 atom stereocenters. The minimum Gasteiger partial charge on any atom is -0.371 e. The lowest BCUT2D eigenvalue weighted by atomic mass is 9.98.